The monoisotopic (exact) mass is 214 g/mol. The summed E-state index contributed by atoms with van der Waals surface area (Å²) in [5, 5.41) is 4.09. The average Bonchev–Trinajstić information content (AvgIpc) is 2.86. The third-order valence-electron chi connectivity index (χ3n) is 2.45. The lowest BCUT2D eigenvalue weighted by Crippen LogP contribution is -1.91. The first-order valence-electron chi connectivity index (χ1n) is 4.87. The molecule has 0 N–H and O–H groups in total. The molecule has 0 bridgehead atoms. The van der Waals surface area contributed by atoms with Gasteiger partial charge in [0.1, 0.15) is 5.52 Å². The lowest BCUT2D eigenvalue weighted by Gasteiger charge is -1.96. The summed E-state index contributed by atoms with van der Waals surface area (Å²) in [5.41, 5.74) is 2.53. The number of hydrogen-bond donors (Lipinski definition) is 0. The van der Waals surface area contributed by atoms with Gasteiger partial charge in [0.2, 0.25) is 0 Å². The molecule has 0 unspecified atom stereocenters. The van der Waals surface area contributed by atoms with Gasteiger partial charge in [-0.15, -0.1) is 0 Å². The Morgan fingerprint density at radius 3 is 2.75 bits per heavy atom. The predicted molar refractivity (Wildman–Crippen MR) is 58.5 cm³/mol. The molecule has 80 valence electrons. The molecule has 6 nitrogen and oxygen atoms in total. The fourth-order valence-corrected chi connectivity index (χ4v) is 1.59. The minimum absolute atomic E-state index is 0.652. The Bertz CT molecular complexity index is 650. The Hall–Kier alpha value is -2.24. The summed E-state index contributed by atoms with van der Waals surface area (Å²) in [5.74, 6) is 0.652. The molecule has 0 spiro atoms. The van der Waals surface area contributed by atoms with Crippen LogP contribution in [0.2, 0.25) is 0 Å². The molecule has 0 saturated heterocycles. The highest BCUT2D eigenvalue weighted by Gasteiger charge is 2.07. The second kappa shape index (κ2) is 3.13. The summed E-state index contributed by atoms with van der Waals surface area (Å²) in [6, 6.07) is 0. The van der Waals surface area contributed by atoms with Gasteiger partial charge in [-0.3, -0.25) is 4.68 Å². The Labute approximate surface area is 91.6 Å². The largest absolute Gasteiger partial charge is 0.331 e. The molecule has 6 heteroatoms. The highest BCUT2D eigenvalue weighted by Crippen LogP contribution is 2.16. The lowest BCUT2D eigenvalue weighted by atomic mass is 10.3. The standard InChI is InChI=1S/C10H10N6/c1-15-6-12-10-8(15)4-11-9(14-10)7-3-13-16(2)5-7/h3-6H,1-2H3. The van der Waals surface area contributed by atoms with Crippen molar-refractivity contribution in [2.45, 2.75) is 0 Å². The number of aryl methyl sites for hydroxylation is 2. The van der Waals surface area contributed by atoms with Crippen molar-refractivity contribution in [3.05, 3.63) is 24.9 Å². The van der Waals surface area contributed by atoms with Crippen molar-refractivity contribution in [1.29, 1.82) is 0 Å². The van der Waals surface area contributed by atoms with E-state index in [1.165, 1.54) is 0 Å². The van der Waals surface area contributed by atoms with Crippen molar-refractivity contribution in [2.24, 2.45) is 14.1 Å². The zero-order valence-corrected chi connectivity index (χ0v) is 8.99. The first-order chi connectivity index (χ1) is 7.74. The first-order valence-corrected chi connectivity index (χ1v) is 4.87. The smallest absolute Gasteiger partial charge is 0.181 e. The number of nitrogens with zero attached hydrogens (tertiary/aromatic N) is 6. The second-order valence-electron chi connectivity index (χ2n) is 3.66. The Balaban J connectivity index is 2.18. The number of hydrogen-bond acceptors (Lipinski definition) is 4. The van der Waals surface area contributed by atoms with E-state index < -0.39 is 0 Å². The summed E-state index contributed by atoms with van der Waals surface area (Å²) in [6.07, 6.45) is 7.12. The van der Waals surface area contributed by atoms with E-state index in [4.69, 9.17) is 0 Å². The molecule has 0 radical (unpaired) electrons. The van der Waals surface area contributed by atoms with Crippen molar-refractivity contribution in [1.82, 2.24) is 29.3 Å². The van der Waals surface area contributed by atoms with Crippen LogP contribution in [0.3, 0.4) is 0 Å². The molecule has 16 heavy (non-hydrogen) atoms. The number of fused-ring (bicyclic) bond motifs is 1. The SMILES string of the molecule is Cn1cc(-c2ncc3c(ncn3C)n2)cn1. The third-order valence-corrected chi connectivity index (χ3v) is 2.45. The Kier molecular flexibility index (Phi) is 1.76. The maximum absolute atomic E-state index is 4.38. The normalized spacial score (nSPS) is 11.1. The van der Waals surface area contributed by atoms with Gasteiger partial charge in [0.25, 0.3) is 0 Å². The van der Waals surface area contributed by atoms with E-state index in [1.54, 1.807) is 23.4 Å². The third kappa shape index (κ3) is 1.27. The van der Waals surface area contributed by atoms with Crippen molar-refractivity contribution in [3.8, 4) is 11.4 Å². The van der Waals surface area contributed by atoms with Crippen LogP contribution in [0, 0.1) is 0 Å². The van der Waals surface area contributed by atoms with Crippen LogP contribution in [0.15, 0.2) is 24.9 Å². The highest BCUT2D eigenvalue weighted by molar-refractivity contribution is 5.72. The van der Waals surface area contributed by atoms with Crippen LogP contribution >= 0.6 is 0 Å². The number of imidazole rings is 1. The van der Waals surface area contributed by atoms with Gasteiger partial charge in [-0.25, -0.2) is 15.0 Å². The van der Waals surface area contributed by atoms with Gasteiger partial charge in [-0.2, -0.15) is 5.10 Å². The van der Waals surface area contributed by atoms with Crippen LogP contribution in [-0.4, -0.2) is 29.3 Å². The maximum Gasteiger partial charge on any atom is 0.181 e. The van der Waals surface area contributed by atoms with Gasteiger partial charge in [0, 0.05) is 20.3 Å². The van der Waals surface area contributed by atoms with Crippen LogP contribution in [-0.2, 0) is 14.1 Å². The van der Waals surface area contributed by atoms with E-state index >= 15 is 0 Å². The molecule has 0 saturated carbocycles. The summed E-state index contributed by atoms with van der Waals surface area (Å²) in [7, 11) is 3.78. The zero-order chi connectivity index (χ0) is 11.1. The second-order valence-corrected chi connectivity index (χ2v) is 3.66. The molecule has 0 amide bonds. The molecular weight excluding hydrogens is 204 g/mol. The van der Waals surface area contributed by atoms with Crippen LogP contribution < -0.4 is 0 Å². The van der Waals surface area contributed by atoms with Gasteiger partial charge in [0.05, 0.1) is 24.3 Å². The minimum Gasteiger partial charge on any atom is -0.331 e. The lowest BCUT2D eigenvalue weighted by molar-refractivity contribution is 0.768. The van der Waals surface area contributed by atoms with E-state index in [2.05, 4.69) is 20.1 Å². The van der Waals surface area contributed by atoms with Crippen LogP contribution in [0.5, 0.6) is 0 Å². The Morgan fingerprint density at radius 1 is 1.12 bits per heavy atom. The van der Waals surface area contributed by atoms with Crippen LogP contribution in [0.4, 0.5) is 0 Å². The van der Waals surface area contributed by atoms with E-state index in [1.807, 2.05) is 24.9 Å². The van der Waals surface area contributed by atoms with Gasteiger partial charge in [0.15, 0.2) is 11.5 Å². The van der Waals surface area contributed by atoms with Crippen LogP contribution in [0.25, 0.3) is 22.6 Å². The van der Waals surface area contributed by atoms with Gasteiger partial charge >= 0.3 is 0 Å². The predicted octanol–water partition coefficient (Wildman–Crippen LogP) is 0.764. The summed E-state index contributed by atoms with van der Waals surface area (Å²) < 4.78 is 3.61. The van der Waals surface area contributed by atoms with Gasteiger partial charge in [-0.1, -0.05) is 0 Å². The molecule has 3 aromatic rings. The Morgan fingerprint density at radius 2 is 2.00 bits per heavy atom. The van der Waals surface area contributed by atoms with E-state index in [-0.39, 0.29) is 0 Å². The first kappa shape index (κ1) is 9.02. The molecule has 0 atom stereocenters. The van der Waals surface area contributed by atoms with Crippen molar-refractivity contribution in [3.63, 3.8) is 0 Å². The molecule has 0 aliphatic heterocycles. The summed E-state index contributed by atoms with van der Waals surface area (Å²) in [4.78, 5) is 12.9. The fraction of sp³-hybridized carbons (Fsp3) is 0.200. The number of rotatable bonds is 1. The van der Waals surface area contributed by atoms with Crippen molar-refractivity contribution in [2.75, 3.05) is 0 Å². The topological polar surface area (TPSA) is 61.4 Å². The molecule has 3 aromatic heterocycles. The van der Waals surface area contributed by atoms with E-state index in [0.29, 0.717) is 11.5 Å². The zero-order valence-electron chi connectivity index (χ0n) is 8.99. The fourth-order valence-electron chi connectivity index (χ4n) is 1.59. The van der Waals surface area contributed by atoms with Gasteiger partial charge < -0.3 is 4.57 Å². The molecule has 3 heterocycles. The molecule has 0 aromatic carbocycles. The van der Waals surface area contributed by atoms with Crippen LogP contribution in [0.1, 0.15) is 0 Å². The number of aromatic nitrogens is 6. The minimum atomic E-state index is 0.652. The highest BCUT2D eigenvalue weighted by atomic mass is 15.2. The summed E-state index contributed by atoms with van der Waals surface area (Å²) >= 11 is 0. The quantitative estimate of drug-likeness (QED) is 0.600. The average molecular weight is 214 g/mol. The molecule has 0 aliphatic carbocycles. The molecule has 0 aliphatic rings. The van der Waals surface area contributed by atoms with Crippen molar-refractivity contribution >= 4 is 11.2 Å². The molecule has 0 fully saturated rings. The maximum atomic E-state index is 4.38. The van der Waals surface area contributed by atoms with Crippen molar-refractivity contribution < 1.29 is 0 Å². The molecular formula is C10H10N6. The molecule has 3 rings (SSSR count). The van der Waals surface area contributed by atoms with Gasteiger partial charge in [-0.05, 0) is 0 Å². The van der Waals surface area contributed by atoms with E-state index in [9.17, 15) is 0 Å². The summed E-state index contributed by atoms with van der Waals surface area (Å²) in [6.45, 7) is 0. The van der Waals surface area contributed by atoms with E-state index in [0.717, 1.165) is 11.1 Å².